The van der Waals surface area contributed by atoms with Gasteiger partial charge in [0, 0.05) is 16.8 Å². The Kier molecular flexibility index (Phi) is 1.86. The minimum atomic E-state index is -0.579. The lowest BCUT2D eigenvalue weighted by Crippen LogP contribution is -1.99. The second-order valence-electron chi connectivity index (χ2n) is 3.77. The van der Waals surface area contributed by atoms with Crippen LogP contribution in [0.5, 0.6) is 11.5 Å². The van der Waals surface area contributed by atoms with E-state index in [2.05, 4.69) is 0 Å². The van der Waals surface area contributed by atoms with E-state index in [9.17, 15) is 15.0 Å². The monoisotopic (exact) mass is 228 g/mol. The Balaban J connectivity index is 2.70. The van der Waals surface area contributed by atoms with Gasteiger partial charge in [-0.2, -0.15) is 0 Å². The molecule has 0 spiro atoms. The molecule has 3 aromatic rings. The maximum Gasteiger partial charge on any atom is 0.344 e. The van der Waals surface area contributed by atoms with Gasteiger partial charge in [-0.3, -0.25) is 0 Å². The quantitative estimate of drug-likeness (QED) is 0.457. The number of phenols is 2. The molecule has 0 bridgehead atoms. The zero-order valence-corrected chi connectivity index (χ0v) is 8.68. The summed E-state index contributed by atoms with van der Waals surface area (Å²) < 4.78 is 5.11. The van der Waals surface area contributed by atoms with E-state index < -0.39 is 5.63 Å². The van der Waals surface area contributed by atoms with Crippen LogP contribution in [0.15, 0.2) is 45.6 Å². The van der Waals surface area contributed by atoms with Gasteiger partial charge in [0.1, 0.15) is 17.1 Å². The number of hydrogen-bond donors (Lipinski definition) is 2. The van der Waals surface area contributed by atoms with E-state index in [1.807, 2.05) is 0 Å². The van der Waals surface area contributed by atoms with E-state index in [4.69, 9.17) is 4.42 Å². The van der Waals surface area contributed by atoms with E-state index in [-0.39, 0.29) is 16.9 Å². The Morgan fingerprint density at radius 2 is 1.76 bits per heavy atom. The van der Waals surface area contributed by atoms with Gasteiger partial charge in [0.25, 0.3) is 0 Å². The van der Waals surface area contributed by atoms with Crippen molar-refractivity contribution in [3.05, 3.63) is 46.8 Å². The lowest BCUT2D eigenvalue weighted by molar-refractivity contribution is 0.454. The van der Waals surface area contributed by atoms with E-state index >= 15 is 0 Å². The summed E-state index contributed by atoms with van der Waals surface area (Å²) in [5.74, 6) is -0.304. The second-order valence-corrected chi connectivity index (χ2v) is 3.77. The number of benzene rings is 2. The lowest BCUT2D eigenvalue weighted by atomic mass is 10.1. The molecule has 0 radical (unpaired) electrons. The van der Waals surface area contributed by atoms with Crippen molar-refractivity contribution in [3.63, 3.8) is 0 Å². The number of para-hydroxylation sites is 1. The fourth-order valence-corrected chi connectivity index (χ4v) is 1.97. The standard InChI is InChI=1S/C13H8O4/c14-7-5-9-12(10(15)6-7)8-3-1-2-4-11(8)17-13(9)16/h1-6,14-15H. The van der Waals surface area contributed by atoms with Crippen LogP contribution in [0.1, 0.15) is 0 Å². The van der Waals surface area contributed by atoms with Crippen molar-refractivity contribution in [2.24, 2.45) is 0 Å². The molecule has 2 N–H and O–H groups in total. The topological polar surface area (TPSA) is 70.7 Å². The summed E-state index contributed by atoms with van der Waals surface area (Å²) >= 11 is 0. The smallest absolute Gasteiger partial charge is 0.344 e. The van der Waals surface area contributed by atoms with Crippen LogP contribution >= 0.6 is 0 Å². The molecule has 0 saturated heterocycles. The van der Waals surface area contributed by atoms with Crippen molar-refractivity contribution >= 4 is 21.7 Å². The Bertz CT molecular complexity index is 786. The van der Waals surface area contributed by atoms with E-state index in [1.54, 1.807) is 24.3 Å². The number of hydrogen-bond acceptors (Lipinski definition) is 4. The molecule has 84 valence electrons. The van der Waals surface area contributed by atoms with Gasteiger partial charge in [-0.25, -0.2) is 4.79 Å². The van der Waals surface area contributed by atoms with Crippen LogP contribution in [-0.4, -0.2) is 10.2 Å². The molecule has 0 atom stereocenters. The molecule has 0 unspecified atom stereocenters. The van der Waals surface area contributed by atoms with Crippen molar-refractivity contribution in [3.8, 4) is 11.5 Å². The van der Waals surface area contributed by atoms with Crippen LogP contribution in [0.2, 0.25) is 0 Å². The normalized spacial score (nSPS) is 11.1. The molecule has 3 rings (SSSR count). The van der Waals surface area contributed by atoms with Gasteiger partial charge >= 0.3 is 5.63 Å². The molecule has 4 heteroatoms. The second kappa shape index (κ2) is 3.25. The zero-order chi connectivity index (χ0) is 12.0. The first-order chi connectivity index (χ1) is 8.16. The molecule has 1 heterocycles. The fraction of sp³-hybridized carbons (Fsp3) is 0. The highest BCUT2D eigenvalue weighted by Crippen LogP contribution is 2.33. The zero-order valence-electron chi connectivity index (χ0n) is 8.68. The van der Waals surface area contributed by atoms with Gasteiger partial charge in [0.05, 0.1) is 5.39 Å². The van der Waals surface area contributed by atoms with Gasteiger partial charge in [0.2, 0.25) is 0 Å². The predicted molar refractivity (Wildman–Crippen MR) is 63.3 cm³/mol. The first-order valence-electron chi connectivity index (χ1n) is 5.04. The third-order valence-corrected chi connectivity index (χ3v) is 2.68. The minimum Gasteiger partial charge on any atom is -0.508 e. The van der Waals surface area contributed by atoms with Crippen molar-refractivity contribution in [2.75, 3.05) is 0 Å². The SMILES string of the molecule is O=c1oc2ccccc2c2c(O)cc(O)cc12. The maximum atomic E-state index is 11.7. The fourth-order valence-electron chi connectivity index (χ4n) is 1.97. The van der Waals surface area contributed by atoms with Gasteiger partial charge in [0.15, 0.2) is 0 Å². The van der Waals surface area contributed by atoms with Crippen LogP contribution in [0.3, 0.4) is 0 Å². The Morgan fingerprint density at radius 1 is 1.00 bits per heavy atom. The summed E-state index contributed by atoms with van der Waals surface area (Å²) in [4.78, 5) is 11.7. The number of aromatic hydroxyl groups is 2. The molecular weight excluding hydrogens is 220 g/mol. The Labute approximate surface area is 95.3 Å². The highest BCUT2D eigenvalue weighted by molar-refractivity contribution is 6.08. The Morgan fingerprint density at radius 3 is 2.59 bits per heavy atom. The van der Waals surface area contributed by atoms with Crippen LogP contribution < -0.4 is 5.63 Å². The first-order valence-corrected chi connectivity index (χ1v) is 5.04. The number of rotatable bonds is 0. The molecule has 0 saturated carbocycles. The van der Waals surface area contributed by atoms with Crippen LogP contribution in [0.4, 0.5) is 0 Å². The van der Waals surface area contributed by atoms with Crippen molar-refractivity contribution in [2.45, 2.75) is 0 Å². The highest BCUT2D eigenvalue weighted by atomic mass is 16.4. The van der Waals surface area contributed by atoms with Crippen molar-refractivity contribution in [1.82, 2.24) is 0 Å². The average molecular weight is 228 g/mol. The molecule has 0 aliphatic rings. The minimum absolute atomic E-state index is 0.135. The molecule has 0 aliphatic heterocycles. The maximum absolute atomic E-state index is 11.7. The van der Waals surface area contributed by atoms with Crippen LogP contribution in [-0.2, 0) is 0 Å². The van der Waals surface area contributed by atoms with Crippen molar-refractivity contribution < 1.29 is 14.6 Å². The lowest BCUT2D eigenvalue weighted by Gasteiger charge is -2.04. The Hall–Kier alpha value is -2.49. The van der Waals surface area contributed by atoms with E-state index in [0.717, 1.165) is 0 Å². The third-order valence-electron chi connectivity index (χ3n) is 2.68. The van der Waals surface area contributed by atoms with Crippen LogP contribution in [0, 0.1) is 0 Å². The molecular formula is C13H8O4. The molecule has 4 nitrogen and oxygen atoms in total. The summed E-state index contributed by atoms with van der Waals surface area (Å²) in [6.07, 6.45) is 0. The summed E-state index contributed by atoms with van der Waals surface area (Å²) in [7, 11) is 0. The van der Waals surface area contributed by atoms with Gasteiger partial charge in [-0.1, -0.05) is 18.2 Å². The summed E-state index contributed by atoms with van der Waals surface area (Å²) in [6, 6.07) is 9.42. The van der Waals surface area contributed by atoms with Crippen LogP contribution in [0.25, 0.3) is 21.7 Å². The summed E-state index contributed by atoms with van der Waals surface area (Å²) in [5.41, 5.74) is -0.170. The molecule has 0 fully saturated rings. The van der Waals surface area contributed by atoms with E-state index in [1.165, 1.54) is 12.1 Å². The molecule has 2 aromatic carbocycles. The molecule has 0 amide bonds. The summed E-state index contributed by atoms with van der Waals surface area (Å²) in [5, 5.41) is 20.4. The molecule has 0 aliphatic carbocycles. The third kappa shape index (κ3) is 1.34. The largest absolute Gasteiger partial charge is 0.508 e. The predicted octanol–water partition coefficient (Wildman–Crippen LogP) is 2.36. The summed E-state index contributed by atoms with van der Waals surface area (Å²) in [6.45, 7) is 0. The van der Waals surface area contributed by atoms with Crippen molar-refractivity contribution in [1.29, 1.82) is 0 Å². The number of phenolic OH excluding ortho intramolecular Hbond substituents is 2. The molecule has 1 aromatic heterocycles. The highest BCUT2D eigenvalue weighted by Gasteiger charge is 2.11. The van der Waals surface area contributed by atoms with Gasteiger partial charge in [-0.15, -0.1) is 0 Å². The number of fused-ring (bicyclic) bond motifs is 3. The average Bonchev–Trinajstić information content (AvgIpc) is 2.29. The van der Waals surface area contributed by atoms with E-state index in [0.29, 0.717) is 16.4 Å². The first kappa shape index (κ1) is 9.72. The molecule has 17 heavy (non-hydrogen) atoms. The van der Waals surface area contributed by atoms with Gasteiger partial charge in [-0.05, 0) is 12.1 Å². The van der Waals surface area contributed by atoms with Gasteiger partial charge < -0.3 is 14.6 Å².